The first-order valence-electron chi connectivity index (χ1n) is 5.61. The number of likely N-dealkylation sites (N-methyl/N-ethyl adjacent to an activating group) is 1. The highest BCUT2D eigenvalue weighted by Crippen LogP contribution is 2.23. The zero-order chi connectivity index (χ0) is 12.3. The Balaban J connectivity index is 2.89. The average molecular weight is 222 g/mol. The maximum Gasteiger partial charge on any atom is 0.121 e. The number of aryl methyl sites for hydroxylation is 2. The molecule has 1 atom stereocenters. The topological polar surface area (TPSA) is 49.5 Å². The number of nitrogens with zero attached hydrogens (tertiary/aromatic N) is 1. The van der Waals surface area contributed by atoms with Crippen LogP contribution in [-0.4, -0.2) is 36.7 Å². The first-order valence-corrected chi connectivity index (χ1v) is 5.61. The zero-order valence-electron chi connectivity index (χ0n) is 10.6. The van der Waals surface area contributed by atoms with E-state index in [-0.39, 0.29) is 0 Å². The predicted molar refractivity (Wildman–Crippen MR) is 67.8 cm³/mol. The van der Waals surface area contributed by atoms with Crippen LogP contribution in [0.25, 0.3) is 0 Å². The Morgan fingerprint density at radius 3 is 2.12 bits per heavy atom. The van der Waals surface area contributed by atoms with Crippen molar-refractivity contribution in [3.8, 4) is 5.75 Å². The average Bonchev–Trinajstić information content (AvgIpc) is 2.21. The molecule has 0 fully saturated rings. The van der Waals surface area contributed by atoms with Crippen molar-refractivity contribution in [1.29, 1.82) is 0 Å². The second-order valence-corrected chi connectivity index (χ2v) is 4.64. The molecule has 0 heterocycles. The molecule has 0 spiro atoms. The van der Waals surface area contributed by atoms with E-state index in [1.807, 2.05) is 40.1 Å². The predicted octanol–water partition coefficient (Wildman–Crippen LogP) is 1.44. The van der Waals surface area contributed by atoms with Gasteiger partial charge in [0.1, 0.15) is 5.75 Å². The Kier molecular flexibility index (Phi) is 4.33. The van der Waals surface area contributed by atoms with Gasteiger partial charge in [-0.25, -0.2) is 0 Å². The number of aromatic hydroxyl groups is 1. The minimum absolute atomic E-state index is 0.350. The van der Waals surface area contributed by atoms with E-state index in [0.717, 1.165) is 17.5 Å². The number of phenolic OH excluding ortho intramolecular Hbond substituents is 1. The van der Waals surface area contributed by atoms with Crippen molar-refractivity contribution in [1.82, 2.24) is 4.90 Å². The van der Waals surface area contributed by atoms with Crippen LogP contribution in [0.1, 0.15) is 16.7 Å². The summed E-state index contributed by atoms with van der Waals surface area (Å²) in [6, 6.07) is 4.42. The summed E-state index contributed by atoms with van der Waals surface area (Å²) in [5.74, 6) is 0.401. The molecule has 0 amide bonds. The van der Waals surface area contributed by atoms with Gasteiger partial charge in [0.25, 0.3) is 0 Å². The third kappa shape index (κ3) is 2.97. The Labute approximate surface area is 97.9 Å². The summed E-state index contributed by atoms with van der Waals surface area (Å²) in [5.41, 5.74) is 8.84. The van der Waals surface area contributed by atoms with Gasteiger partial charge in [0.15, 0.2) is 0 Å². The van der Waals surface area contributed by atoms with Crippen LogP contribution in [-0.2, 0) is 6.42 Å². The first kappa shape index (κ1) is 13.0. The molecule has 0 aliphatic carbocycles. The molecule has 0 saturated carbocycles. The molecule has 3 N–H and O–H groups in total. The fourth-order valence-electron chi connectivity index (χ4n) is 1.91. The van der Waals surface area contributed by atoms with Crippen LogP contribution in [0.3, 0.4) is 0 Å². The molecular weight excluding hydrogens is 200 g/mol. The van der Waals surface area contributed by atoms with Crippen molar-refractivity contribution in [3.05, 3.63) is 28.8 Å². The number of hydrogen-bond donors (Lipinski definition) is 2. The van der Waals surface area contributed by atoms with Crippen LogP contribution in [0.4, 0.5) is 0 Å². The van der Waals surface area contributed by atoms with Gasteiger partial charge >= 0.3 is 0 Å². The molecule has 0 aromatic heterocycles. The van der Waals surface area contributed by atoms with Crippen molar-refractivity contribution in [2.24, 2.45) is 5.73 Å². The van der Waals surface area contributed by atoms with E-state index < -0.39 is 0 Å². The van der Waals surface area contributed by atoms with E-state index in [1.165, 1.54) is 5.56 Å². The molecule has 1 aromatic carbocycles. The van der Waals surface area contributed by atoms with Gasteiger partial charge in [-0.05, 0) is 51.1 Å². The van der Waals surface area contributed by atoms with Crippen LogP contribution in [0.15, 0.2) is 12.1 Å². The molecule has 1 aromatic rings. The van der Waals surface area contributed by atoms with Crippen molar-refractivity contribution < 1.29 is 5.11 Å². The van der Waals surface area contributed by atoms with Crippen LogP contribution < -0.4 is 5.73 Å². The third-order valence-electron chi connectivity index (χ3n) is 3.02. The Morgan fingerprint density at radius 1 is 1.25 bits per heavy atom. The van der Waals surface area contributed by atoms with E-state index in [9.17, 15) is 5.11 Å². The number of hydrogen-bond acceptors (Lipinski definition) is 3. The summed E-state index contributed by atoms with van der Waals surface area (Å²) in [6.07, 6.45) is 0.922. The lowest BCUT2D eigenvalue weighted by atomic mass is 10.00. The van der Waals surface area contributed by atoms with Gasteiger partial charge in [-0.15, -0.1) is 0 Å². The van der Waals surface area contributed by atoms with Gasteiger partial charge in [-0.2, -0.15) is 0 Å². The maximum atomic E-state index is 9.70. The lowest BCUT2D eigenvalue weighted by molar-refractivity contribution is 0.297. The summed E-state index contributed by atoms with van der Waals surface area (Å²) in [5, 5.41) is 9.70. The molecular formula is C13H22N2O. The largest absolute Gasteiger partial charge is 0.507 e. The lowest BCUT2D eigenvalue weighted by Gasteiger charge is -2.23. The highest BCUT2D eigenvalue weighted by atomic mass is 16.3. The van der Waals surface area contributed by atoms with Crippen molar-refractivity contribution >= 4 is 0 Å². The molecule has 3 heteroatoms. The molecule has 1 rings (SSSR count). The molecule has 3 nitrogen and oxygen atoms in total. The second-order valence-electron chi connectivity index (χ2n) is 4.64. The summed E-state index contributed by atoms with van der Waals surface area (Å²) in [6.45, 7) is 4.50. The normalized spacial score (nSPS) is 13.1. The molecule has 0 radical (unpaired) electrons. The van der Waals surface area contributed by atoms with E-state index in [1.54, 1.807) is 0 Å². The van der Waals surface area contributed by atoms with Crippen LogP contribution in [0.2, 0.25) is 0 Å². The van der Waals surface area contributed by atoms with E-state index in [4.69, 9.17) is 5.73 Å². The van der Waals surface area contributed by atoms with Crippen LogP contribution in [0, 0.1) is 13.8 Å². The van der Waals surface area contributed by atoms with Gasteiger partial charge in [0.05, 0.1) is 0 Å². The lowest BCUT2D eigenvalue weighted by Crippen LogP contribution is -2.36. The molecule has 16 heavy (non-hydrogen) atoms. The Hall–Kier alpha value is -1.06. The van der Waals surface area contributed by atoms with Crippen LogP contribution >= 0.6 is 0 Å². The van der Waals surface area contributed by atoms with Crippen molar-refractivity contribution in [2.75, 3.05) is 20.6 Å². The fourth-order valence-corrected chi connectivity index (χ4v) is 1.91. The summed E-state index contributed by atoms with van der Waals surface area (Å²) >= 11 is 0. The number of phenols is 1. The van der Waals surface area contributed by atoms with Crippen LogP contribution in [0.5, 0.6) is 5.75 Å². The number of nitrogens with two attached hydrogens (primary N) is 1. The fraction of sp³-hybridized carbons (Fsp3) is 0.538. The SMILES string of the molecule is Cc1cc(CC(CN)N(C)C)cc(C)c1O. The smallest absolute Gasteiger partial charge is 0.121 e. The summed E-state index contributed by atoms with van der Waals surface area (Å²) < 4.78 is 0. The Morgan fingerprint density at radius 2 is 1.75 bits per heavy atom. The zero-order valence-corrected chi connectivity index (χ0v) is 10.6. The van der Waals surface area contributed by atoms with E-state index >= 15 is 0 Å². The third-order valence-corrected chi connectivity index (χ3v) is 3.02. The monoisotopic (exact) mass is 222 g/mol. The van der Waals surface area contributed by atoms with Gasteiger partial charge in [0.2, 0.25) is 0 Å². The minimum Gasteiger partial charge on any atom is -0.507 e. The highest BCUT2D eigenvalue weighted by molar-refractivity contribution is 5.42. The quantitative estimate of drug-likeness (QED) is 0.810. The van der Waals surface area contributed by atoms with Gasteiger partial charge in [-0.1, -0.05) is 12.1 Å². The molecule has 0 aliphatic rings. The van der Waals surface area contributed by atoms with Gasteiger partial charge in [-0.3, -0.25) is 0 Å². The van der Waals surface area contributed by atoms with Gasteiger partial charge in [0, 0.05) is 12.6 Å². The number of benzene rings is 1. The van der Waals surface area contributed by atoms with Gasteiger partial charge < -0.3 is 15.7 Å². The van der Waals surface area contributed by atoms with E-state index in [2.05, 4.69) is 4.90 Å². The molecule has 90 valence electrons. The maximum absolute atomic E-state index is 9.70. The van der Waals surface area contributed by atoms with E-state index in [0.29, 0.717) is 18.3 Å². The second kappa shape index (κ2) is 5.32. The standard InChI is InChI=1S/C13H22N2O/c1-9-5-11(6-10(2)13(9)16)7-12(8-14)15(3)4/h5-6,12,16H,7-8,14H2,1-4H3. The highest BCUT2D eigenvalue weighted by Gasteiger charge is 2.11. The van der Waals surface area contributed by atoms with Crippen molar-refractivity contribution in [3.63, 3.8) is 0 Å². The minimum atomic E-state index is 0.350. The first-order chi connectivity index (χ1) is 7.45. The molecule has 1 unspecified atom stereocenters. The summed E-state index contributed by atoms with van der Waals surface area (Å²) in [7, 11) is 4.08. The molecule has 0 aliphatic heterocycles. The Bertz CT molecular complexity index is 338. The molecule has 0 bridgehead atoms. The van der Waals surface area contributed by atoms with Crippen molar-refractivity contribution in [2.45, 2.75) is 26.3 Å². The molecule has 0 saturated heterocycles. The summed E-state index contributed by atoms with van der Waals surface area (Å²) in [4.78, 5) is 2.14. The number of rotatable bonds is 4.